The Bertz CT molecular complexity index is 2830. The van der Waals surface area contributed by atoms with Crippen molar-refractivity contribution in [3.63, 3.8) is 0 Å². The standard InChI is InChI=1S/C55H43N/c1-53(2)44-24-12-8-21-40(44)43-32-30-36(34-50(43)53)39-20-11-17-29-52(39)56(37-18-6-5-7-19-37)38-31-33-49-51(35-38)54(3,4)47-27-15-16-28-48(47)55(49)45-25-13-9-22-41(45)42-23-10-14-26-46(42)55/h5-35H,1-4H3. The molecule has 1 spiro atoms. The van der Waals surface area contributed by atoms with Crippen LogP contribution >= 0.6 is 0 Å². The van der Waals surface area contributed by atoms with Gasteiger partial charge in [-0.05, 0) is 109 Å². The molecule has 0 unspecified atom stereocenters. The molecule has 0 fully saturated rings. The van der Waals surface area contributed by atoms with E-state index in [0.717, 1.165) is 17.1 Å². The van der Waals surface area contributed by atoms with Crippen LogP contribution in [0.2, 0.25) is 0 Å². The first-order chi connectivity index (χ1) is 27.3. The third-order valence-electron chi connectivity index (χ3n) is 13.3. The summed E-state index contributed by atoms with van der Waals surface area (Å²) < 4.78 is 0. The predicted molar refractivity (Wildman–Crippen MR) is 234 cm³/mol. The highest BCUT2D eigenvalue weighted by atomic mass is 15.1. The van der Waals surface area contributed by atoms with Crippen LogP contribution in [0.4, 0.5) is 17.1 Å². The van der Waals surface area contributed by atoms with Gasteiger partial charge in [0.1, 0.15) is 0 Å². The molecule has 0 bridgehead atoms. The van der Waals surface area contributed by atoms with Gasteiger partial charge in [-0.1, -0.05) is 179 Å². The van der Waals surface area contributed by atoms with Crippen LogP contribution in [0.5, 0.6) is 0 Å². The molecule has 0 aromatic heterocycles. The Hall–Kier alpha value is -6.44. The van der Waals surface area contributed by atoms with Gasteiger partial charge in [-0.15, -0.1) is 0 Å². The van der Waals surface area contributed by atoms with Crippen LogP contribution in [0.3, 0.4) is 0 Å². The van der Waals surface area contributed by atoms with Gasteiger partial charge in [0.15, 0.2) is 0 Å². The lowest BCUT2D eigenvalue weighted by Gasteiger charge is -2.47. The monoisotopic (exact) mass is 717 g/mol. The molecule has 56 heavy (non-hydrogen) atoms. The molecule has 0 radical (unpaired) electrons. The molecule has 1 heteroatoms. The second-order valence-corrected chi connectivity index (χ2v) is 16.9. The Labute approximate surface area is 330 Å². The maximum absolute atomic E-state index is 2.50. The highest BCUT2D eigenvalue weighted by Crippen LogP contribution is 2.62. The fourth-order valence-corrected chi connectivity index (χ4v) is 10.8. The minimum Gasteiger partial charge on any atom is -0.310 e. The molecule has 0 N–H and O–H groups in total. The molecule has 0 atom stereocenters. The Morgan fingerprint density at radius 1 is 0.304 bits per heavy atom. The van der Waals surface area contributed by atoms with Crippen LogP contribution in [0.25, 0.3) is 33.4 Å². The SMILES string of the molecule is CC1(C)c2ccccc2-c2ccc(-c3ccccc3N(c3ccccc3)c3ccc4c(c3)C(C)(C)c3ccccc3C43c4ccccc4-c4ccccc43)cc21. The van der Waals surface area contributed by atoms with Gasteiger partial charge in [0.25, 0.3) is 0 Å². The molecule has 8 aromatic carbocycles. The third-order valence-corrected chi connectivity index (χ3v) is 13.3. The number of hydrogen-bond donors (Lipinski definition) is 0. The second-order valence-electron chi connectivity index (χ2n) is 16.9. The fraction of sp³-hybridized carbons (Fsp3) is 0.127. The number of rotatable bonds is 4. The zero-order valence-corrected chi connectivity index (χ0v) is 32.3. The average molecular weight is 718 g/mol. The topological polar surface area (TPSA) is 3.24 Å². The first kappa shape index (κ1) is 32.9. The van der Waals surface area contributed by atoms with Crippen LogP contribution < -0.4 is 4.90 Å². The smallest absolute Gasteiger partial charge is 0.0719 e. The first-order valence-electron chi connectivity index (χ1n) is 19.9. The molecular weight excluding hydrogens is 675 g/mol. The summed E-state index contributed by atoms with van der Waals surface area (Å²) in [6.45, 7) is 9.56. The van der Waals surface area contributed by atoms with E-state index in [1.807, 2.05) is 0 Å². The molecule has 0 heterocycles. The number of nitrogens with zero attached hydrogens (tertiary/aromatic N) is 1. The number of para-hydroxylation sites is 2. The molecule has 1 nitrogen and oxygen atoms in total. The molecule has 0 saturated heterocycles. The van der Waals surface area contributed by atoms with Crippen molar-refractivity contribution in [1.29, 1.82) is 0 Å². The van der Waals surface area contributed by atoms with Crippen molar-refractivity contribution in [3.05, 3.63) is 233 Å². The molecule has 8 aromatic rings. The number of benzene rings is 8. The minimum atomic E-state index is -0.419. The third kappa shape index (κ3) is 4.32. The summed E-state index contributed by atoms with van der Waals surface area (Å²) in [5.74, 6) is 0. The molecule has 11 rings (SSSR count). The van der Waals surface area contributed by atoms with E-state index in [1.165, 1.54) is 77.9 Å². The van der Waals surface area contributed by atoms with E-state index in [1.54, 1.807) is 0 Å². The van der Waals surface area contributed by atoms with E-state index in [9.17, 15) is 0 Å². The van der Waals surface area contributed by atoms with Crippen LogP contribution in [0.15, 0.2) is 188 Å². The van der Waals surface area contributed by atoms with Gasteiger partial charge in [0, 0.05) is 27.8 Å². The number of anilines is 3. The maximum Gasteiger partial charge on any atom is 0.0719 e. The fourth-order valence-electron chi connectivity index (χ4n) is 10.8. The van der Waals surface area contributed by atoms with E-state index in [-0.39, 0.29) is 10.8 Å². The van der Waals surface area contributed by atoms with Crippen molar-refractivity contribution in [2.75, 3.05) is 4.90 Å². The van der Waals surface area contributed by atoms with E-state index in [0.29, 0.717) is 0 Å². The van der Waals surface area contributed by atoms with Gasteiger partial charge in [-0.25, -0.2) is 0 Å². The molecule has 3 aliphatic carbocycles. The molecule has 3 aliphatic rings. The second kappa shape index (κ2) is 11.8. The normalized spacial score (nSPS) is 15.6. The number of hydrogen-bond acceptors (Lipinski definition) is 1. The van der Waals surface area contributed by atoms with Crippen molar-refractivity contribution in [1.82, 2.24) is 0 Å². The lowest BCUT2D eigenvalue weighted by Crippen LogP contribution is -2.40. The van der Waals surface area contributed by atoms with Gasteiger partial charge in [-0.3, -0.25) is 0 Å². The summed E-state index contributed by atoms with van der Waals surface area (Å²) in [7, 11) is 0. The Morgan fingerprint density at radius 2 is 0.786 bits per heavy atom. The van der Waals surface area contributed by atoms with Crippen molar-refractivity contribution in [2.45, 2.75) is 43.9 Å². The first-order valence-corrected chi connectivity index (χ1v) is 19.9. The summed E-state index contributed by atoms with van der Waals surface area (Å²) in [5.41, 5.74) is 21.5. The summed E-state index contributed by atoms with van der Waals surface area (Å²) in [5, 5.41) is 0. The largest absolute Gasteiger partial charge is 0.310 e. The van der Waals surface area contributed by atoms with Crippen LogP contribution in [-0.4, -0.2) is 0 Å². The Balaban J connectivity index is 1.14. The number of fused-ring (bicyclic) bond motifs is 12. The lowest BCUT2D eigenvalue weighted by molar-refractivity contribution is 0.563. The summed E-state index contributed by atoms with van der Waals surface area (Å²) >= 11 is 0. The predicted octanol–water partition coefficient (Wildman–Crippen LogP) is 14.1. The Morgan fingerprint density at radius 3 is 1.46 bits per heavy atom. The van der Waals surface area contributed by atoms with E-state index in [2.05, 4.69) is 221 Å². The summed E-state index contributed by atoms with van der Waals surface area (Å²) in [6.07, 6.45) is 0. The van der Waals surface area contributed by atoms with Gasteiger partial charge >= 0.3 is 0 Å². The van der Waals surface area contributed by atoms with Gasteiger partial charge in [0.2, 0.25) is 0 Å². The minimum absolute atomic E-state index is 0.0796. The maximum atomic E-state index is 2.50. The van der Waals surface area contributed by atoms with Gasteiger partial charge in [-0.2, -0.15) is 0 Å². The zero-order valence-electron chi connectivity index (χ0n) is 32.3. The Kier molecular flexibility index (Phi) is 6.93. The highest BCUT2D eigenvalue weighted by molar-refractivity contribution is 5.92. The zero-order chi connectivity index (χ0) is 37.8. The quantitative estimate of drug-likeness (QED) is 0.175. The average Bonchev–Trinajstić information content (AvgIpc) is 3.66. The molecule has 0 aliphatic heterocycles. The summed E-state index contributed by atoms with van der Waals surface area (Å²) in [6, 6.07) is 70.6. The van der Waals surface area contributed by atoms with E-state index >= 15 is 0 Å². The van der Waals surface area contributed by atoms with Gasteiger partial charge < -0.3 is 4.90 Å². The van der Waals surface area contributed by atoms with Gasteiger partial charge in [0.05, 0.1) is 11.1 Å². The molecule has 0 amide bonds. The highest BCUT2D eigenvalue weighted by Gasteiger charge is 2.53. The van der Waals surface area contributed by atoms with E-state index < -0.39 is 5.41 Å². The van der Waals surface area contributed by atoms with Crippen molar-refractivity contribution in [2.24, 2.45) is 0 Å². The molecule has 268 valence electrons. The van der Waals surface area contributed by atoms with Crippen LogP contribution in [0.1, 0.15) is 72.2 Å². The lowest BCUT2D eigenvalue weighted by atomic mass is 9.55. The van der Waals surface area contributed by atoms with Crippen LogP contribution in [-0.2, 0) is 16.2 Å². The van der Waals surface area contributed by atoms with Crippen LogP contribution in [0, 0.1) is 0 Å². The van der Waals surface area contributed by atoms with E-state index in [4.69, 9.17) is 0 Å². The van der Waals surface area contributed by atoms with Crippen molar-refractivity contribution in [3.8, 4) is 33.4 Å². The van der Waals surface area contributed by atoms with Crippen molar-refractivity contribution >= 4 is 17.1 Å². The molecule has 0 saturated carbocycles. The molecular formula is C55H43N. The van der Waals surface area contributed by atoms with Crippen molar-refractivity contribution < 1.29 is 0 Å². The summed E-state index contributed by atoms with van der Waals surface area (Å²) in [4.78, 5) is 2.47.